The Morgan fingerprint density at radius 1 is 1.02 bits per heavy atom. The zero-order chi connectivity index (χ0) is 37.3. The quantitative estimate of drug-likeness (QED) is 0.128. The molecule has 0 bridgehead atoms. The van der Waals surface area contributed by atoms with E-state index in [1.54, 1.807) is 19.1 Å². The number of quaternary nitrogens is 3. The lowest BCUT2D eigenvalue weighted by molar-refractivity contribution is -1.01. The topological polar surface area (TPSA) is 175 Å². The molecule has 2 amide bonds. The van der Waals surface area contributed by atoms with Gasteiger partial charge in [-0.05, 0) is 47.7 Å². The van der Waals surface area contributed by atoms with Crippen LogP contribution in [0, 0.1) is 11.8 Å². The number of carbonyl (C=O) groups excluding carboxylic acids is 3. The number of likely N-dealkylation sites (N-methyl/N-ethyl adjacent to an activating group) is 2. The van der Waals surface area contributed by atoms with Gasteiger partial charge in [0.1, 0.15) is 26.2 Å². The number of rotatable bonds is 11. The molecule has 16 heteroatoms. The van der Waals surface area contributed by atoms with Crippen molar-refractivity contribution in [2.45, 2.75) is 43.9 Å². The van der Waals surface area contributed by atoms with Crippen molar-refractivity contribution >= 4 is 50.0 Å². The van der Waals surface area contributed by atoms with Crippen molar-refractivity contribution in [3.63, 3.8) is 0 Å². The molecule has 0 saturated carbocycles. The molecule has 4 aliphatic heterocycles. The smallest absolute Gasteiger partial charge is 0.279 e. The van der Waals surface area contributed by atoms with Crippen LogP contribution in [0.5, 0.6) is 0 Å². The second-order valence-corrected chi connectivity index (χ2v) is 17.4. The molecule has 4 aliphatic rings. The number of carboxylic acid groups (broad SMARTS) is 1. The molecule has 7 rings (SSSR count). The number of anilines is 2. The molecule has 4 atom stereocenters. The number of carboxylic acids is 1. The number of piperazine rings is 1. The standard InChI is InChI=1S/C38H46N6O7S.2ClH/c1-23-29(36(38(48)49)42-35(23)33(24(2)45)37(42)47)21-41-30-7-5-6-28-26(10-13-31(34(28)30)52(41,50)51)14-15-43(3)16-18-44(4,19-17-43)22-32(46)40-27-11-8-25(20-39)9-12-27;;/h5-13,23-24,33,35,45H,14-22,39H2,1-4H3;2*1H/t23-,24+,33+,35+,43?,44?;;/m0../s1. The van der Waals surface area contributed by atoms with Gasteiger partial charge in [-0.25, -0.2) is 8.42 Å². The number of benzene rings is 3. The Morgan fingerprint density at radius 2 is 1.67 bits per heavy atom. The summed E-state index contributed by atoms with van der Waals surface area (Å²) < 4.78 is 30.9. The van der Waals surface area contributed by atoms with Crippen LogP contribution in [0.25, 0.3) is 10.8 Å². The molecule has 3 aromatic carbocycles. The first kappa shape index (κ1) is 41.4. The largest absolute Gasteiger partial charge is 1.00 e. The Bertz CT molecular complexity index is 2120. The monoisotopic (exact) mass is 802 g/mol. The number of β-lactam (4-membered cyclic amide) rings is 1. The fourth-order valence-electron chi connectivity index (χ4n) is 8.74. The third-order valence-corrected chi connectivity index (χ3v) is 13.9. The number of nitrogens with one attached hydrogen (secondary N) is 1. The molecular weight excluding hydrogens is 755 g/mol. The average molecular weight is 804 g/mol. The van der Waals surface area contributed by atoms with Crippen LogP contribution < -0.4 is 45.3 Å². The second kappa shape index (κ2) is 15.1. The van der Waals surface area contributed by atoms with Crippen LogP contribution in [0.4, 0.5) is 11.4 Å². The number of carbonyl (C=O) groups is 3. The van der Waals surface area contributed by atoms with Crippen LogP contribution in [0.2, 0.25) is 0 Å². The van der Waals surface area contributed by atoms with E-state index in [4.69, 9.17) is 0 Å². The van der Waals surface area contributed by atoms with Crippen LogP contribution in [0.3, 0.4) is 0 Å². The van der Waals surface area contributed by atoms with Gasteiger partial charge in [0, 0.05) is 29.0 Å². The summed E-state index contributed by atoms with van der Waals surface area (Å²) in [5.41, 5.74) is 7.30. The molecular formula is C38H48Cl2N6O7S. The van der Waals surface area contributed by atoms with Gasteiger partial charge in [-0.3, -0.25) is 13.9 Å². The van der Waals surface area contributed by atoms with E-state index in [2.05, 4.69) is 25.1 Å². The summed E-state index contributed by atoms with van der Waals surface area (Å²) in [4.78, 5) is 39.5. The maximum atomic E-state index is 14.1. The van der Waals surface area contributed by atoms with Crippen molar-refractivity contribution in [2.75, 3.05) is 69.5 Å². The van der Waals surface area contributed by atoms with E-state index >= 15 is 0 Å². The minimum Gasteiger partial charge on any atom is -1.00 e. The van der Waals surface area contributed by atoms with Crippen LogP contribution in [-0.2, 0) is 37.4 Å². The highest BCUT2D eigenvalue weighted by molar-refractivity contribution is 7.93. The fraction of sp³-hybridized carbons (Fsp3) is 0.447. The summed E-state index contributed by atoms with van der Waals surface area (Å²) >= 11 is 0. The van der Waals surface area contributed by atoms with Gasteiger partial charge in [-0.15, -0.1) is 0 Å². The van der Waals surface area contributed by atoms with E-state index in [0.29, 0.717) is 34.2 Å². The maximum Gasteiger partial charge on any atom is 0.279 e. The van der Waals surface area contributed by atoms with Gasteiger partial charge in [0.25, 0.3) is 15.9 Å². The van der Waals surface area contributed by atoms with Crippen molar-refractivity contribution in [1.29, 1.82) is 0 Å². The van der Waals surface area contributed by atoms with Crippen LogP contribution in [0.15, 0.2) is 70.8 Å². The zero-order valence-electron chi connectivity index (χ0n) is 30.9. The first-order valence-corrected chi connectivity index (χ1v) is 19.4. The Morgan fingerprint density at radius 3 is 2.28 bits per heavy atom. The van der Waals surface area contributed by atoms with Gasteiger partial charge >= 0.3 is 0 Å². The SMILES string of the molecule is C[C@@H](O)[C@H]1C(=O)N2C(C(=O)[O-])=C(CN3c4cccc5c(CC[N+]6(C)CC[N+](C)(CC(=O)Nc7ccc(C[NH3+])cc7)CC6)ccc(c45)S3(=O)=O)[C@H](C)[C@H]12.[Cl-].[Cl-]. The third kappa shape index (κ3) is 6.97. The number of sulfonamides is 1. The third-order valence-electron chi connectivity index (χ3n) is 12.1. The fourth-order valence-corrected chi connectivity index (χ4v) is 10.4. The number of aliphatic carboxylic acids is 1. The van der Waals surface area contributed by atoms with Gasteiger partial charge in [0.05, 0.1) is 74.0 Å². The van der Waals surface area contributed by atoms with Crippen LogP contribution in [0.1, 0.15) is 25.0 Å². The van der Waals surface area contributed by atoms with E-state index in [1.807, 2.05) is 42.5 Å². The number of fused-ring (bicyclic) bond motifs is 1. The number of hydrogen-bond donors (Lipinski definition) is 3. The molecule has 4 heterocycles. The highest BCUT2D eigenvalue weighted by atomic mass is 35.5. The molecule has 0 radical (unpaired) electrons. The average Bonchev–Trinajstić information content (AvgIpc) is 3.47. The van der Waals surface area contributed by atoms with Crippen LogP contribution >= 0.6 is 0 Å². The van der Waals surface area contributed by atoms with Crippen molar-refractivity contribution in [3.05, 3.63) is 77.0 Å². The molecule has 54 heavy (non-hydrogen) atoms. The van der Waals surface area contributed by atoms with E-state index < -0.39 is 45.9 Å². The van der Waals surface area contributed by atoms with Crippen molar-refractivity contribution in [3.8, 4) is 0 Å². The van der Waals surface area contributed by atoms with E-state index in [0.717, 1.165) is 70.7 Å². The molecule has 2 fully saturated rings. The van der Waals surface area contributed by atoms with Crippen molar-refractivity contribution in [2.24, 2.45) is 11.8 Å². The number of nitrogens with zero attached hydrogens (tertiary/aromatic N) is 4. The zero-order valence-corrected chi connectivity index (χ0v) is 33.3. The number of aliphatic hydroxyl groups is 1. The lowest BCUT2D eigenvalue weighted by atomic mass is 9.78. The molecule has 5 N–H and O–H groups in total. The minimum atomic E-state index is -4.04. The molecule has 292 valence electrons. The molecule has 3 aromatic rings. The number of amides is 2. The number of aliphatic hydroxyl groups excluding tert-OH is 1. The van der Waals surface area contributed by atoms with E-state index in [1.165, 1.54) is 11.2 Å². The van der Waals surface area contributed by atoms with Gasteiger partial charge in [-0.1, -0.05) is 37.3 Å². The highest BCUT2D eigenvalue weighted by Crippen LogP contribution is 2.49. The van der Waals surface area contributed by atoms with E-state index in [-0.39, 0.29) is 47.9 Å². The number of halogens is 2. The Balaban J connectivity index is 0.00000280. The summed E-state index contributed by atoms with van der Waals surface area (Å²) in [5.74, 6) is -3.28. The second-order valence-electron chi connectivity index (χ2n) is 15.6. The summed E-state index contributed by atoms with van der Waals surface area (Å²) in [6.45, 7) is 8.47. The van der Waals surface area contributed by atoms with Crippen LogP contribution in [-0.4, -0.2) is 117 Å². The molecule has 0 unspecified atom stereocenters. The summed E-state index contributed by atoms with van der Waals surface area (Å²) in [5, 5.41) is 27.1. The lowest BCUT2D eigenvalue weighted by Crippen LogP contribution is -3.00. The summed E-state index contributed by atoms with van der Waals surface area (Å²) in [6, 6.07) is 16.2. The maximum absolute atomic E-state index is 14.1. The predicted octanol–water partition coefficient (Wildman–Crippen LogP) is -5.95. The van der Waals surface area contributed by atoms with Gasteiger partial charge in [-0.2, -0.15) is 0 Å². The van der Waals surface area contributed by atoms with E-state index in [9.17, 15) is 33.0 Å². The lowest BCUT2D eigenvalue weighted by Gasteiger charge is -2.47. The van der Waals surface area contributed by atoms with Gasteiger partial charge in [0.15, 0.2) is 6.54 Å². The molecule has 0 aliphatic carbocycles. The first-order chi connectivity index (χ1) is 24.6. The molecule has 0 aromatic heterocycles. The Kier molecular flexibility index (Phi) is 11.5. The normalized spacial score (nSPS) is 27.1. The van der Waals surface area contributed by atoms with Gasteiger partial charge in [0.2, 0.25) is 5.91 Å². The highest BCUT2D eigenvalue weighted by Gasteiger charge is 2.59. The molecule has 13 nitrogen and oxygen atoms in total. The Hall–Kier alpha value is -3.76. The van der Waals surface area contributed by atoms with Gasteiger partial charge < -0.3 is 64.7 Å². The predicted molar refractivity (Wildman–Crippen MR) is 192 cm³/mol. The molecule has 2 saturated heterocycles. The Labute approximate surface area is 328 Å². The number of hydrogen-bond acceptors (Lipinski definition) is 7. The molecule has 0 spiro atoms. The van der Waals surface area contributed by atoms with Crippen molar-refractivity contribution < 1.29 is 72.5 Å². The minimum absolute atomic E-state index is 0. The summed E-state index contributed by atoms with van der Waals surface area (Å²) in [7, 11) is 0.335. The summed E-state index contributed by atoms with van der Waals surface area (Å²) in [6.07, 6.45) is -0.247. The first-order valence-electron chi connectivity index (χ1n) is 18.0. The van der Waals surface area contributed by atoms with Crippen molar-refractivity contribution in [1.82, 2.24) is 4.90 Å².